The van der Waals surface area contributed by atoms with E-state index in [4.69, 9.17) is 14.2 Å². The van der Waals surface area contributed by atoms with E-state index < -0.39 is 18.5 Å². The van der Waals surface area contributed by atoms with E-state index in [-0.39, 0.29) is 24.3 Å². The normalized spacial score (nSPS) is 13.2. The van der Waals surface area contributed by atoms with Gasteiger partial charge in [0.05, 0.1) is 6.04 Å². The number of hydrogen-bond donors (Lipinski definition) is 2. The molecule has 0 saturated heterocycles. The number of esters is 1. The maximum Gasteiger partial charge on any atom is 0.355 e. The number of aromatic amines is 1. The van der Waals surface area contributed by atoms with Crippen molar-refractivity contribution in [3.8, 4) is 11.5 Å². The summed E-state index contributed by atoms with van der Waals surface area (Å²) in [4.78, 5) is 37.8. The summed E-state index contributed by atoms with van der Waals surface area (Å²) in [6, 6.07) is 6.48. The number of nitrogens with one attached hydrogen (secondary N) is 2. The van der Waals surface area contributed by atoms with Crippen LogP contribution in [0.25, 0.3) is 0 Å². The van der Waals surface area contributed by atoms with E-state index >= 15 is 0 Å². The van der Waals surface area contributed by atoms with Crippen molar-refractivity contribution in [2.75, 3.05) is 13.4 Å². The molecular formula is C18H18N2O6. The highest BCUT2D eigenvalue weighted by molar-refractivity contribution is 5.97. The Hall–Kier alpha value is -3.29. The van der Waals surface area contributed by atoms with E-state index in [9.17, 15) is 14.4 Å². The first-order valence-electron chi connectivity index (χ1n) is 7.99. The predicted molar refractivity (Wildman–Crippen MR) is 90.2 cm³/mol. The van der Waals surface area contributed by atoms with Crippen LogP contribution in [0.4, 0.5) is 0 Å². The Labute approximate surface area is 149 Å². The molecular weight excluding hydrogens is 340 g/mol. The van der Waals surface area contributed by atoms with E-state index in [0.717, 1.165) is 5.56 Å². The third kappa shape index (κ3) is 3.85. The highest BCUT2D eigenvalue weighted by Crippen LogP contribution is 2.34. The molecule has 2 aromatic rings. The van der Waals surface area contributed by atoms with Crippen molar-refractivity contribution in [1.29, 1.82) is 0 Å². The van der Waals surface area contributed by atoms with Gasteiger partial charge in [-0.3, -0.25) is 9.59 Å². The lowest BCUT2D eigenvalue weighted by Gasteiger charge is -2.14. The molecule has 8 heteroatoms. The van der Waals surface area contributed by atoms with Crippen molar-refractivity contribution < 1.29 is 28.6 Å². The summed E-state index contributed by atoms with van der Waals surface area (Å²) < 4.78 is 15.5. The van der Waals surface area contributed by atoms with Gasteiger partial charge in [0.2, 0.25) is 6.79 Å². The maximum atomic E-state index is 12.0. The molecule has 0 radical (unpaired) electrons. The topological polar surface area (TPSA) is 107 Å². The van der Waals surface area contributed by atoms with Crippen LogP contribution in [0, 0.1) is 0 Å². The van der Waals surface area contributed by atoms with Crippen LogP contribution in [0.5, 0.6) is 11.5 Å². The molecule has 1 aromatic carbocycles. The molecule has 26 heavy (non-hydrogen) atoms. The second-order valence-electron chi connectivity index (χ2n) is 5.84. The predicted octanol–water partition coefficient (Wildman–Crippen LogP) is 1.98. The number of carbonyl (C=O) groups is 3. The Morgan fingerprint density at radius 1 is 1.23 bits per heavy atom. The highest BCUT2D eigenvalue weighted by Gasteiger charge is 2.18. The zero-order valence-electron chi connectivity index (χ0n) is 14.3. The van der Waals surface area contributed by atoms with Crippen LogP contribution in [0.1, 0.15) is 46.3 Å². The smallest absolute Gasteiger partial charge is 0.355 e. The van der Waals surface area contributed by atoms with E-state index in [1.165, 1.54) is 19.2 Å². The second-order valence-corrected chi connectivity index (χ2v) is 5.84. The van der Waals surface area contributed by atoms with Crippen molar-refractivity contribution in [3.63, 3.8) is 0 Å². The van der Waals surface area contributed by atoms with Gasteiger partial charge in [-0.25, -0.2) is 4.79 Å². The number of carbonyl (C=O) groups excluding carboxylic acids is 3. The first-order valence-corrected chi connectivity index (χ1v) is 7.99. The molecule has 0 unspecified atom stereocenters. The van der Waals surface area contributed by atoms with Gasteiger partial charge in [0.15, 0.2) is 23.9 Å². The van der Waals surface area contributed by atoms with Gasteiger partial charge < -0.3 is 24.5 Å². The summed E-state index contributed by atoms with van der Waals surface area (Å²) in [5, 5.41) is 2.74. The van der Waals surface area contributed by atoms with Crippen molar-refractivity contribution in [3.05, 3.63) is 47.3 Å². The van der Waals surface area contributed by atoms with Crippen molar-refractivity contribution in [1.82, 2.24) is 10.3 Å². The zero-order chi connectivity index (χ0) is 18.7. The van der Waals surface area contributed by atoms with Gasteiger partial charge in [0.1, 0.15) is 5.69 Å². The quantitative estimate of drug-likeness (QED) is 0.604. The minimum Gasteiger partial charge on any atom is -0.454 e. The van der Waals surface area contributed by atoms with Crippen molar-refractivity contribution in [2.24, 2.45) is 0 Å². The number of hydrogen-bond acceptors (Lipinski definition) is 6. The molecule has 1 amide bonds. The molecule has 8 nitrogen and oxygen atoms in total. The number of fused-ring (bicyclic) bond motifs is 1. The summed E-state index contributed by atoms with van der Waals surface area (Å²) in [6.07, 6.45) is 1.42. The van der Waals surface area contributed by atoms with E-state index in [0.29, 0.717) is 17.1 Å². The molecule has 0 bridgehead atoms. The van der Waals surface area contributed by atoms with Gasteiger partial charge in [-0.15, -0.1) is 0 Å². The summed E-state index contributed by atoms with van der Waals surface area (Å²) in [5.41, 5.74) is 1.33. The van der Waals surface area contributed by atoms with Crippen LogP contribution in [0.2, 0.25) is 0 Å². The Kier molecular flexibility index (Phi) is 4.92. The average molecular weight is 358 g/mol. The van der Waals surface area contributed by atoms with Crippen LogP contribution >= 0.6 is 0 Å². The zero-order valence-corrected chi connectivity index (χ0v) is 14.3. The lowest BCUT2D eigenvalue weighted by atomic mass is 10.1. The number of ether oxygens (including phenoxy) is 3. The third-order valence-corrected chi connectivity index (χ3v) is 3.92. The number of ketones is 1. The number of amides is 1. The van der Waals surface area contributed by atoms with Gasteiger partial charge in [-0.1, -0.05) is 6.07 Å². The Bertz CT molecular complexity index is 857. The fraction of sp³-hybridized carbons (Fsp3) is 0.278. The van der Waals surface area contributed by atoms with Gasteiger partial charge in [0.25, 0.3) is 5.91 Å². The fourth-order valence-corrected chi connectivity index (χ4v) is 2.47. The largest absolute Gasteiger partial charge is 0.454 e. The number of rotatable bonds is 6. The number of benzene rings is 1. The van der Waals surface area contributed by atoms with E-state index in [1.807, 2.05) is 6.07 Å². The van der Waals surface area contributed by atoms with Gasteiger partial charge in [0, 0.05) is 11.8 Å². The Morgan fingerprint density at radius 2 is 2.00 bits per heavy atom. The standard InChI is InChI=1S/C18H18N2O6/c1-10(12-3-4-15-16(6-12)26-9-25-15)20-17(22)8-24-18(23)14-5-13(7-19-14)11(2)21/h3-7,10,19H,8-9H2,1-2H3,(H,20,22)/t10-/m0/s1. The summed E-state index contributed by atoms with van der Waals surface area (Å²) in [5.74, 6) is -0.0269. The molecule has 0 saturated carbocycles. The first kappa shape index (κ1) is 17.5. The molecule has 0 spiro atoms. The number of H-pyrrole nitrogens is 1. The van der Waals surface area contributed by atoms with Gasteiger partial charge in [-0.05, 0) is 37.6 Å². The molecule has 136 valence electrons. The van der Waals surface area contributed by atoms with E-state index in [1.54, 1.807) is 19.1 Å². The van der Waals surface area contributed by atoms with Crippen molar-refractivity contribution >= 4 is 17.7 Å². The maximum absolute atomic E-state index is 12.0. The van der Waals surface area contributed by atoms with Gasteiger partial charge >= 0.3 is 5.97 Å². The van der Waals surface area contributed by atoms with E-state index in [2.05, 4.69) is 10.3 Å². The fourth-order valence-electron chi connectivity index (χ4n) is 2.47. The number of Topliss-reactive ketones (excluding diaryl/α,β-unsaturated/α-hetero) is 1. The summed E-state index contributed by atoms with van der Waals surface area (Å²) in [7, 11) is 0. The molecule has 1 aromatic heterocycles. The molecule has 3 rings (SSSR count). The lowest BCUT2D eigenvalue weighted by molar-refractivity contribution is -0.124. The molecule has 1 aliphatic rings. The second kappa shape index (κ2) is 7.30. The summed E-state index contributed by atoms with van der Waals surface area (Å²) >= 11 is 0. The van der Waals surface area contributed by atoms with Crippen LogP contribution in [-0.4, -0.2) is 36.0 Å². The Morgan fingerprint density at radius 3 is 2.73 bits per heavy atom. The minimum absolute atomic E-state index is 0.117. The summed E-state index contributed by atoms with van der Waals surface area (Å²) in [6.45, 7) is 2.95. The van der Waals surface area contributed by atoms with Crippen LogP contribution in [-0.2, 0) is 9.53 Å². The lowest BCUT2D eigenvalue weighted by Crippen LogP contribution is -2.31. The molecule has 1 atom stereocenters. The minimum atomic E-state index is -0.705. The highest BCUT2D eigenvalue weighted by atomic mass is 16.7. The molecule has 0 aliphatic carbocycles. The SMILES string of the molecule is CC(=O)c1c[nH]c(C(=O)OCC(=O)N[C@@H](C)c2ccc3c(c2)OCO3)c1. The third-order valence-electron chi connectivity index (χ3n) is 3.92. The number of aromatic nitrogens is 1. The monoisotopic (exact) mass is 358 g/mol. The molecule has 0 fully saturated rings. The molecule has 2 N–H and O–H groups in total. The van der Waals surface area contributed by atoms with Crippen molar-refractivity contribution in [2.45, 2.75) is 19.9 Å². The van der Waals surface area contributed by atoms with Gasteiger partial charge in [-0.2, -0.15) is 0 Å². The van der Waals surface area contributed by atoms with Crippen LogP contribution in [0.15, 0.2) is 30.5 Å². The molecule has 1 aliphatic heterocycles. The molecule has 2 heterocycles. The average Bonchev–Trinajstić information content (AvgIpc) is 3.28. The first-order chi connectivity index (χ1) is 12.4. The van der Waals surface area contributed by atoms with Crippen LogP contribution < -0.4 is 14.8 Å². The van der Waals surface area contributed by atoms with Crippen LogP contribution in [0.3, 0.4) is 0 Å². The Balaban J connectivity index is 1.51.